The molecule has 1 atom stereocenters. The molecule has 0 radical (unpaired) electrons. The third-order valence-electron chi connectivity index (χ3n) is 2.48. The zero-order valence-electron chi connectivity index (χ0n) is 10.7. The maximum atomic E-state index is 5.52. The highest BCUT2D eigenvalue weighted by atomic mass is 16.5. The monoisotopic (exact) mass is 201 g/mol. The molecule has 14 heavy (non-hydrogen) atoms. The van der Waals surface area contributed by atoms with Crippen molar-refractivity contribution < 1.29 is 4.74 Å². The average Bonchev–Trinajstić information content (AvgIpc) is 2.01. The number of ether oxygens (including phenoxy) is 1. The third-order valence-corrected chi connectivity index (χ3v) is 2.48. The number of hydrogen-bond donors (Lipinski definition) is 1. The highest BCUT2D eigenvalue weighted by Crippen LogP contribution is 2.22. The van der Waals surface area contributed by atoms with Gasteiger partial charge in [0.15, 0.2) is 0 Å². The molecule has 0 bridgehead atoms. The predicted molar refractivity (Wildman–Crippen MR) is 62.6 cm³/mol. The molecule has 0 aliphatic rings. The van der Waals surface area contributed by atoms with Gasteiger partial charge in [-0.1, -0.05) is 20.8 Å². The Kier molecular flexibility index (Phi) is 6.38. The Labute approximate surface area is 89.4 Å². The van der Waals surface area contributed by atoms with Crippen LogP contribution in [0.15, 0.2) is 0 Å². The minimum Gasteiger partial charge on any atom is -0.379 e. The molecule has 86 valence electrons. The zero-order chi connectivity index (χ0) is 11.2. The number of hydrogen-bond acceptors (Lipinski definition) is 2. The lowest BCUT2D eigenvalue weighted by molar-refractivity contribution is 0.0719. The van der Waals surface area contributed by atoms with Crippen LogP contribution in [0.4, 0.5) is 0 Å². The van der Waals surface area contributed by atoms with Gasteiger partial charge in [0.2, 0.25) is 0 Å². The van der Waals surface area contributed by atoms with Crippen molar-refractivity contribution in [2.24, 2.45) is 5.41 Å². The van der Waals surface area contributed by atoms with Gasteiger partial charge in [0.1, 0.15) is 0 Å². The maximum absolute atomic E-state index is 5.52. The fourth-order valence-corrected chi connectivity index (χ4v) is 1.62. The largest absolute Gasteiger partial charge is 0.379 e. The average molecular weight is 201 g/mol. The molecule has 0 amide bonds. The van der Waals surface area contributed by atoms with Gasteiger partial charge in [0.25, 0.3) is 0 Å². The molecule has 0 saturated carbocycles. The fraction of sp³-hybridized carbons (Fsp3) is 1.00. The molecule has 0 aromatic carbocycles. The van der Waals surface area contributed by atoms with E-state index in [0.29, 0.717) is 17.6 Å². The van der Waals surface area contributed by atoms with E-state index in [-0.39, 0.29) is 0 Å². The first-order valence-corrected chi connectivity index (χ1v) is 5.66. The molecule has 1 N–H and O–H groups in total. The molecule has 0 heterocycles. The maximum Gasteiger partial charge on any atom is 0.0518 e. The normalized spacial score (nSPS) is 14.8. The molecule has 0 aliphatic heterocycles. The quantitative estimate of drug-likeness (QED) is 0.667. The smallest absolute Gasteiger partial charge is 0.0518 e. The number of nitrogens with one attached hydrogen (secondary N) is 1. The second-order valence-electron chi connectivity index (χ2n) is 5.27. The lowest BCUT2D eigenvalue weighted by Crippen LogP contribution is -2.38. The molecule has 0 aromatic rings. The van der Waals surface area contributed by atoms with Gasteiger partial charge in [-0.25, -0.2) is 0 Å². The summed E-state index contributed by atoms with van der Waals surface area (Å²) in [6.45, 7) is 11.9. The van der Waals surface area contributed by atoms with Crippen LogP contribution in [0.3, 0.4) is 0 Å². The molecule has 0 saturated heterocycles. The van der Waals surface area contributed by atoms with E-state index in [1.807, 2.05) is 7.05 Å². The van der Waals surface area contributed by atoms with E-state index in [1.165, 1.54) is 6.42 Å². The van der Waals surface area contributed by atoms with Crippen LogP contribution in [0.5, 0.6) is 0 Å². The van der Waals surface area contributed by atoms with Crippen LogP contribution >= 0.6 is 0 Å². The third kappa shape index (κ3) is 6.39. The summed E-state index contributed by atoms with van der Waals surface area (Å²) in [4.78, 5) is 0. The second kappa shape index (κ2) is 6.41. The van der Waals surface area contributed by atoms with Crippen molar-refractivity contribution >= 4 is 0 Å². The Bertz CT molecular complexity index is 138. The van der Waals surface area contributed by atoms with Gasteiger partial charge in [0, 0.05) is 12.6 Å². The van der Waals surface area contributed by atoms with Crippen molar-refractivity contribution in [3.63, 3.8) is 0 Å². The first-order valence-electron chi connectivity index (χ1n) is 5.66. The topological polar surface area (TPSA) is 21.3 Å². The first-order chi connectivity index (χ1) is 6.38. The molecule has 1 unspecified atom stereocenters. The molecule has 0 aliphatic carbocycles. The predicted octanol–water partition coefficient (Wildman–Crippen LogP) is 2.83. The standard InChI is InChI=1S/C12H27NO/c1-10(2)14-9-7-8-11(13-6)12(3,4)5/h10-11,13H,7-9H2,1-6H3. The highest BCUT2D eigenvalue weighted by Gasteiger charge is 2.21. The van der Waals surface area contributed by atoms with E-state index < -0.39 is 0 Å². The molecule has 0 fully saturated rings. The van der Waals surface area contributed by atoms with Crippen LogP contribution < -0.4 is 5.32 Å². The Morgan fingerprint density at radius 3 is 2.14 bits per heavy atom. The first kappa shape index (κ1) is 13.9. The highest BCUT2D eigenvalue weighted by molar-refractivity contribution is 4.78. The van der Waals surface area contributed by atoms with Crippen LogP contribution in [0.25, 0.3) is 0 Å². The van der Waals surface area contributed by atoms with Gasteiger partial charge in [-0.05, 0) is 39.2 Å². The lowest BCUT2D eigenvalue weighted by atomic mass is 9.84. The summed E-state index contributed by atoms with van der Waals surface area (Å²) >= 11 is 0. The van der Waals surface area contributed by atoms with Gasteiger partial charge in [-0.2, -0.15) is 0 Å². The van der Waals surface area contributed by atoms with Crippen molar-refractivity contribution in [3.8, 4) is 0 Å². The van der Waals surface area contributed by atoms with Crippen LogP contribution in [-0.4, -0.2) is 25.8 Å². The van der Waals surface area contributed by atoms with Crippen molar-refractivity contribution in [1.29, 1.82) is 0 Å². The zero-order valence-corrected chi connectivity index (χ0v) is 10.7. The van der Waals surface area contributed by atoms with Gasteiger partial charge in [-0.15, -0.1) is 0 Å². The van der Waals surface area contributed by atoms with Crippen molar-refractivity contribution in [3.05, 3.63) is 0 Å². The van der Waals surface area contributed by atoms with E-state index in [2.05, 4.69) is 39.9 Å². The van der Waals surface area contributed by atoms with E-state index in [1.54, 1.807) is 0 Å². The minimum absolute atomic E-state index is 0.340. The van der Waals surface area contributed by atoms with Crippen LogP contribution in [0, 0.1) is 5.41 Å². The van der Waals surface area contributed by atoms with E-state index in [9.17, 15) is 0 Å². The van der Waals surface area contributed by atoms with Crippen molar-refractivity contribution in [1.82, 2.24) is 5.32 Å². The van der Waals surface area contributed by atoms with E-state index >= 15 is 0 Å². The van der Waals surface area contributed by atoms with Gasteiger partial charge >= 0.3 is 0 Å². The summed E-state index contributed by atoms with van der Waals surface area (Å²) in [5.74, 6) is 0. The Balaban J connectivity index is 3.64. The van der Waals surface area contributed by atoms with E-state index in [0.717, 1.165) is 13.0 Å². The molecular weight excluding hydrogens is 174 g/mol. The van der Waals surface area contributed by atoms with Crippen LogP contribution in [0.2, 0.25) is 0 Å². The minimum atomic E-state index is 0.340. The second-order valence-corrected chi connectivity index (χ2v) is 5.27. The summed E-state index contributed by atoms with van der Waals surface area (Å²) in [6, 6.07) is 0.582. The summed E-state index contributed by atoms with van der Waals surface area (Å²) in [5.41, 5.74) is 0.340. The summed E-state index contributed by atoms with van der Waals surface area (Å²) in [5, 5.41) is 3.37. The van der Waals surface area contributed by atoms with Gasteiger partial charge in [-0.3, -0.25) is 0 Å². The van der Waals surface area contributed by atoms with Crippen molar-refractivity contribution in [2.45, 2.75) is 59.6 Å². The molecular formula is C12H27NO. The lowest BCUT2D eigenvalue weighted by Gasteiger charge is -2.30. The van der Waals surface area contributed by atoms with Crippen molar-refractivity contribution in [2.75, 3.05) is 13.7 Å². The van der Waals surface area contributed by atoms with E-state index in [4.69, 9.17) is 4.74 Å². The van der Waals surface area contributed by atoms with Gasteiger partial charge < -0.3 is 10.1 Å². The SMILES string of the molecule is CNC(CCCOC(C)C)C(C)(C)C. The fourth-order valence-electron chi connectivity index (χ4n) is 1.62. The molecule has 0 aromatic heterocycles. The Morgan fingerprint density at radius 1 is 1.21 bits per heavy atom. The van der Waals surface area contributed by atoms with Gasteiger partial charge in [0.05, 0.1) is 6.10 Å². The summed E-state index contributed by atoms with van der Waals surface area (Å²) < 4.78 is 5.52. The Hall–Kier alpha value is -0.0800. The van der Waals surface area contributed by atoms with Crippen LogP contribution in [0.1, 0.15) is 47.5 Å². The Morgan fingerprint density at radius 2 is 1.79 bits per heavy atom. The molecule has 0 spiro atoms. The molecule has 2 heteroatoms. The summed E-state index contributed by atoms with van der Waals surface area (Å²) in [6.07, 6.45) is 2.69. The molecule has 2 nitrogen and oxygen atoms in total. The number of rotatable bonds is 6. The molecule has 0 rings (SSSR count). The summed E-state index contributed by atoms with van der Waals surface area (Å²) in [7, 11) is 2.04. The van der Waals surface area contributed by atoms with Crippen LogP contribution in [-0.2, 0) is 4.74 Å².